The van der Waals surface area contributed by atoms with Gasteiger partial charge >= 0.3 is 191 Å². The van der Waals surface area contributed by atoms with Crippen LogP contribution in [0.1, 0.15) is 164 Å². The van der Waals surface area contributed by atoms with Crippen LogP contribution in [0.2, 0.25) is 0 Å². The molecule has 26 atom stereocenters. The van der Waals surface area contributed by atoms with E-state index in [0.29, 0.717) is 56.8 Å². The standard InChI is InChI=1S/2C16H18O6.C12H12O6.3C10H8O6.C9H6O6.C8H6O6/c17-13-9-3-1-7(5-11(9)15(19)21-13)8-2-4-10-12(6-8)16(20)22-14(10)18;17-13-9-5-4-7(6-11(9)15(19)21-13)8-2-1-3-10-12(8)16(20)22-14(10)18;1-9-5(13)17-6(14)10(9,2)12(4)8(16)18-7(15)11(9,12)3;1-9-3(5(11)15-7(9)13)10(2)4(9)6(12)16-8(10)14;11-6-2-3-4(8(12)15-6)1-5-7(3)10(14)16-9(5)13;11-7-3-1-4-6(10(14)16-8(4)12)2-5(3)9(13)15-7;10-6-2-1-3-5(4(2)8(12)14-6)9(13)15-7(3)11;9-5-1-3(7(11)13-5)4-2-6(10)14-8(4)12/h2*7-12H,1-6H2;1-4H3;3-4H,1-2H3;3-5,7H,1-2H2;3-6H,1-2H2;2-5H,1H2;3-4H,1-2H2. The zero-order valence-electron chi connectivity index (χ0n) is 74.2. The molecule has 0 N–H and O–H groups in total. The summed E-state index contributed by atoms with van der Waals surface area (Å²) >= 11 is 0. The third kappa shape index (κ3) is 14.1. The van der Waals surface area contributed by atoms with Crippen molar-refractivity contribution in [2.24, 2.45) is 198 Å². The molecule has 0 aromatic heterocycles. The zero-order valence-corrected chi connectivity index (χ0v) is 74.2. The molecule has 736 valence electrons. The van der Waals surface area contributed by atoms with E-state index in [9.17, 15) is 153 Å². The van der Waals surface area contributed by atoms with E-state index in [-0.39, 0.29) is 134 Å². The maximum Gasteiger partial charge on any atom is 0.321 e. The number of ether oxygens (including phenoxy) is 16. The lowest BCUT2D eigenvalue weighted by Gasteiger charge is -2.65. The molecule has 48 heteroatoms. The molecule has 0 spiro atoms. The summed E-state index contributed by atoms with van der Waals surface area (Å²) in [5.74, 6) is -31.7. The Hall–Kier alpha value is -13.8. The van der Waals surface area contributed by atoms with Gasteiger partial charge in [-0.3, -0.25) is 153 Å². The van der Waals surface area contributed by atoms with Crippen molar-refractivity contribution in [3.63, 3.8) is 0 Å². The summed E-state index contributed by atoms with van der Waals surface area (Å²) in [7, 11) is 0. The lowest BCUT2D eigenvalue weighted by molar-refractivity contribution is -0.243. The summed E-state index contributed by atoms with van der Waals surface area (Å²) in [6.45, 7) is 8.89. The first kappa shape index (κ1) is 95.5. The minimum Gasteiger partial charge on any atom is -0.393 e. The average molecular weight is 1950 g/mol. The Bertz CT molecular complexity index is 5450. The minimum atomic E-state index is -1.35. The summed E-state index contributed by atoms with van der Waals surface area (Å²) in [6.07, 6.45) is 9.54. The van der Waals surface area contributed by atoms with E-state index in [1.165, 1.54) is 41.5 Å². The van der Waals surface area contributed by atoms with Crippen molar-refractivity contribution in [3.05, 3.63) is 0 Å². The van der Waals surface area contributed by atoms with Crippen molar-refractivity contribution in [1.82, 2.24) is 0 Å². The molecular formula is C91H84O48. The molecule has 9 saturated carbocycles. The van der Waals surface area contributed by atoms with Gasteiger partial charge in [-0.05, 0) is 167 Å². The number of rotatable bonds is 3. The van der Waals surface area contributed by atoms with Gasteiger partial charge < -0.3 is 75.8 Å². The highest BCUT2D eigenvalue weighted by molar-refractivity contribution is 6.19. The molecule has 16 saturated heterocycles. The molecule has 16 aliphatic heterocycles. The molecule has 0 aromatic carbocycles. The molecule has 25 fully saturated rings. The van der Waals surface area contributed by atoms with E-state index in [4.69, 9.17) is 18.9 Å². The number of carbonyl (C=O) groups excluding carboxylic acids is 32. The highest BCUT2D eigenvalue weighted by atomic mass is 16.7. The van der Waals surface area contributed by atoms with Gasteiger partial charge in [-0.1, -0.05) is 6.42 Å². The van der Waals surface area contributed by atoms with Crippen molar-refractivity contribution < 1.29 is 229 Å². The van der Waals surface area contributed by atoms with Gasteiger partial charge in [-0.15, -0.1) is 0 Å². The van der Waals surface area contributed by atoms with E-state index >= 15 is 0 Å². The van der Waals surface area contributed by atoms with Crippen molar-refractivity contribution >= 4 is 191 Å². The van der Waals surface area contributed by atoms with Gasteiger partial charge in [0.25, 0.3) is 0 Å². The third-order valence-electron chi connectivity index (χ3n) is 35.1. The van der Waals surface area contributed by atoms with Crippen LogP contribution in [0, 0.1) is 198 Å². The predicted molar refractivity (Wildman–Crippen MR) is 412 cm³/mol. The van der Waals surface area contributed by atoms with Gasteiger partial charge in [0, 0.05) is 0 Å². The number of carbonyl (C=O) groups is 32. The largest absolute Gasteiger partial charge is 0.393 e. The van der Waals surface area contributed by atoms with Crippen LogP contribution in [0.3, 0.4) is 0 Å². The van der Waals surface area contributed by atoms with Gasteiger partial charge in [-0.25, -0.2) is 0 Å². The Balaban J connectivity index is 0.000000106. The van der Waals surface area contributed by atoms with Crippen LogP contribution in [0.15, 0.2) is 0 Å². The summed E-state index contributed by atoms with van der Waals surface area (Å²) in [5.41, 5.74) is -7.86. The molecule has 0 bridgehead atoms. The van der Waals surface area contributed by atoms with Crippen LogP contribution in [0.4, 0.5) is 0 Å². The zero-order chi connectivity index (χ0) is 100. The van der Waals surface area contributed by atoms with Crippen LogP contribution in [0.25, 0.3) is 0 Å². The van der Waals surface area contributed by atoms with Crippen LogP contribution >= 0.6 is 0 Å². The van der Waals surface area contributed by atoms with Crippen LogP contribution < -0.4 is 0 Å². The fourth-order valence-electron chi connectivity index (χ4n) is 27.4. The average Bonchev–Trinajstić information content (AvgIpc) is 1.45. The Morgan fingerprint density at radius 2 is 0.417 bits per heavy atom. The molecule has 9 aliphatic carbocycles. The Labute approximate surface area is 778 Å². The van der Waals surface area contributed by atoms with Gasteiger partial charge in [0.05, 0.1) is 188 Å². The number of esters is 32. The fraction of sp³-hybridized carbons (Fsp3) is 0.648. The monoisotopic (exact) mass is 1940 g/mol. The summed E-state index contributed by atoms with van der Waals surface area (Å²) in [5, 5.41) is 0. The Morgan fingerprint density at radius 3 is 0.755 bits per heavy atom. The van der Waals surface area contributed by atoms with E-state index in [0.717, 1.165) is 32.1 Å². The second-order valence-corrected chi connectivity index (χ2v) is 40.7. The predicted octanol–water partition coefficient (Wildman–Crippen LogP) is -0.949. The Morgan fingerprint density at radius 1 is 0.173 bits per heavy atom. The van der Waals surface area contributed by atoms with Gasteiger partial charge in [-0.2, -0.15) is 0 Å². The number of cyclic esters (lactones) is 32. The maximum atomic E-state index is 12.0. The molecule has 26 unspecified atom stereocenters. The Kier molecular flexibility index (Phi) is 23.0. The number of hydrogen-bond donors (Lipinski definition) is 0. The topological polar surface area (TPSA) is 694 Å². The van der Waals surface area contributed by atoms with Crippen molar-refractivity contribution in [3.8, 4) is 0 Å². The summed E-state index contributed by atoms with van der Waals surface area (Å²) in [6, 6.07) is 0. The van der Waals surface area contributed by atoms with Crippen molar-refractivity contribution in [2.75, 3.05) is 0 Å². The quantitative estimate of drug-likeness (QED) is 0.187. The first-order chi connectivity index (χ1) is 65.4. The molecule has 48 nitrogen and oxygen atoms in total. The van der Waals surface area contributed by atoms with Crippen molar-refractivity contribution in [2.45, 2.75) is 164 Å². The molecule has 0 amide bonds. The second kappa shape index (κ2) is 33.5. The van der Waals surface area contributed by atoms with Crippen LogP contribution in [-0.4, -0.2) is 191 Å². The molecule has 25 rings (SSSR count). The second-order valence-electron chi connectivity index (χ2n) is 40.7. The number of fused-ring (bicyclic) bond motifs is 20. The number of hydrogen-bond acceptors (Lipinski definition) is 48. The fourth-order valence-corrected chi connectivity index (χ4v) is 27.4. The summed E-state index contributed by atoms with van der Waals surface area (Å²) in [4.78, 5) is 367. The molecule has 25 aliphatic rings. The van der Waals surface area contributed by atoms with E-state index in [1.54, 1.807) is 0 Å². The third-order valence-corrected chi connectivity index (χ3v) is 35.1. The normalized spacial score (nSPS) is 44.0. The van der Waals surface area contributed by atoms with Crippen LogP contribution in [-0.2, 0) is 229 Å². The van der Waals surface area contributed by atoms with E-state index in [2.05, 4.69) is 56.8 Å². The molecule has 0 radical (unpaired) electrons. The van der Waals surface area contributed by atoms with Crippen molar-refractivity contribution in [1.29, 1.82) is 0 Å². The molecular weight excluding hydrogens is 1860 g/mol. The SMILES string of the molecule is CC12C(=O)OC(=O)C1(C)C1(C)C(=O)OC(=O)C21C.CC12C(=O)OC(=O)C1C1(C)C(=O)OC(=O)C21.O=C1CC(C2CC(=O)OC2=O)C(=O)O1.O=C1CC2C(CC3C(=O)OC(=O)C32)C(=O)O1.O=C1OC(=O)C2C1CC1C(=O)OC(=O)C12.O=C1OC(=O)C2CC(C3CCC4C(=O)OC(=O)C4C3)CCC12.O=C1OC(=O)C2CC(C3CCCC4C(=O)OC(=O)C43)CCC12.O=C1OC(=O)C2CC3C(=O)OC(=O)C3CC12. The first-order valence-electron chi connectivity index (χ1n) is 45.5. The van der Waals surface area contributed by atoms with E-state index < -0.39 is 288 Å². The lowest BCUT2D eigenvalue weighted by atomic mass is 9.27. The highest BCUT2D eigenvalue weighted by Gasteiger charge is 2.98. The van der Waals surface area contributed by atoms with E-state index in [1.807, 2.05) is 0 Å². The first-order valence-corrected chi connectivity index (χ1v) is 45.5. The van der Waals surface area contributed by atoms with Gasteiger partial charge in [0.1, 0.15) is 0 Å². The van der Waals surface area contributed by atoms with Gasteiger partial charge in [0.2, 0.25) is 0 Å². The van der Waals surface area contributed by atoms with Gasteiger partial charge in [0.15, 0.2) is 0 Å². The maximum absolute atomic E-state index is 12.0. The van der Waals surface area contributed by atoms with Crippen LogP contribution in [0.5, 0.6) is 0 Å². The molecule has 139 heavy (non-hydrogen) atoms. The minimum absolute atomic E-state index is 0.0138. The molecule has 16 heterocycles. The lowest BCUT2D eigenvalue weighted by Crippen LogP contribution is -2.77. The highest BCUT2D eigenvalue weighted by Crippen LogP contribution is 2.83. The summed E-state index contributed by atoms with van der Waals surface area (Å²) < 4.78 is 72.9. The molecule has 0 aromatic rings. The smallest absolute Gasteiger partial charge is 0.321 e.